The monoisotopic (exact) mass is 314 g/mol. The fourth-order valence-electron chi connectivity index (χ4n) is 2.11. The Hall–Kier alpha value is -3.29. The van der Waals surface area contributed by atoms with Gasteiger partial charge in [-0.2, -0.15) is 0 Å². The zero-order chi connectivity index (χ0) is 16.2. The molecule has 1 aliphatic rings. The van der Waals surface area contributed by atoms with E-state index in [1.807, 2.05) is 0 Å². The minimum atomic E-state index is -0.952. The summed E-state index contributed by atoms with van der Waals surface area (Å²) in [4.78, 5) is 38.1. The minimum absolute atomic E-state index is 0.217. The van der Waals surface area contributed by atoms with Crippen molar-refractivity contribution < 1.29 is 19.1 Å². The molecular weight excluding hydrogens is 300 g/mol. The predicted octanol–water partition coefficient (Wildman–Crippen LogP) is 0.565. The van der Waals surface area contributed by atoms with Crippen LogP contribution in [0.15, 0.2) is 42.6 Å². The van der Waals surface area contributed by atoms with Crippen LogP contribution in [0.1, 0.15) is 16.9 Å². The van der Waals surface area contributed by atoms with Crippen LogP contribution in [0.4, 0.5) is 5.69 Å². The van der Waals surface area contributed by atoms with Crippen molar-refractivity contribution in [2.75, 3.05) is 5.32 Å². The molecule has 3 amide bonds. The first kappa shape index (κ1) is 14.6. The van der Waals surface area contributed by atoms with Gasteiger partial charge in [-0.05, 0) is 24.3 Å². The van der Waals surface area contributed by atoms with E-state index in [9.17, 15) is 14.4 Å². The Morgan fingerprint density at radius 2 is 1.96 bits per heavy atom. The highest BCUT2D eigenvalue weighted by molar-refractivity contribution is 6.00. The van der Waals surface area contributed by atoms with E-state index in [0.29, 0.717) is 17.1 Å². The second-order valence-electron chi connectivity index (χ2n) is 4.88. The van der Waals surface area contributed by atoms with Crippen LogP contribution in [-0.4, -0.2) is 28.8 Å². The lowest BCUT2D eigenvalue weighted by Crippen LogP contribution is -2.46. The molecule has 0 saturated carbocycles. The Morgan fingerprint density at radius 3 is 2.74 bits per heavy atom. The van der Waals surface area contributed by atoms with Crippen molar-refractivity contribution in [3.63, 3.8) is 0 Å². The van der Waals surface area contributed by atoms with Gasteiger partial charge in [0, 0.05) is 6.20 Å². The van der Waals surface area contributed by atoms with Gasteiger partial charge < -0.3 is 15.0 Å². The molecule has 8 nitrogen and oxygen atoms in total. The molecule has 2 heterocycles. The van der Waals surface area contributed by atoms with Crippen molar-refractivity contribution in [3.8, 4) is 5.75 Å². The van der Waals surface area contributed by atoms with E-state index in [1.165, 1.54) is 0 Å². The molecule has 0 spiro atoms. The number of ether oxygens (including phenoxy) is 1. The van der Waals surface area contributed by atoms with Gasteiger partial charge in [0.25, 0.3) is 11.8 Å². The number of rotatable bonds is 3. The molecule has 3 rings (SSSR count). The Balaban J connectivity index is 1.54. The van der Waals surface area contributed by atoms with E-state index < -0.39 is 23.8 Å². The number of hydrazine groups is 1. The number of para-hydroxylation sites is 2. The van der Waals surface area contributed by atoms with E-state index in [0.717, 1.165) is 0 Å². The third-order valence-electron chi connectivity index (χ3n) is 3.24. The first-order valence-corrected chi connectivity index (χ1v) is 6.92. The number of benzene rings is 1. The summed E-state index contributed by atoms with van der Waals surface area (Å²) < 4.78 is 5.50. The fourth-order valence-corrected chi connectivity index (χ4v) is 2.11. The van der Waals surface area contributed by atoms with Crippen LogP contribution in [0.2, 0.25) is 0 Å². The zero-order valence-corrected chi connectivity index (χ0v) is 12.0. The van der Waals surface area contributed by atoms with Crippen molar-refractivity contribution in [3.05, 3.63) is 48.3 Å². The number of fused-ring (bicyclic) bond motifs is 1. The minimum Gasteiger partial charge on any atom is -0.478 e. The van der Waals surface area contributed by atoms with Gasteiger partial charge in [0.05, 0.1) is 12.1 Å². The molecule has 0 fully saturated rings. The van der Waals surface area contributed by atoms with Crippen LogP contribution >= 0.6 is 0 Å². The standard InChI is InChI=1S/C15H14N4O4/c20-13(18-19-14(21)10-5-3-7-16-10)8-12-15(22)17-9-4-1-2-6-11(9)23-12/h1-7,12,16H,8H2,(H,17,22)(H,18,20)(H,19,21)/t12-/m1/s1. The van der Waals surface area contributed by atoms with Gasteiger partial charge in [-0.3, -0.25) is 25.2 Å². The maximum atomic E-state index is 11.9. The van der Waals surface area contributed by atoms with Crippen LogP contribution in [0, 0.1) is 0 Å². The number of anilines is 1. The molecule has 0 radical (unpaired) electrons. The lowest BCUT2D eigenvalue weighted by atomic mass is 10.1. The van der Waals surface area contributed by atoms with Crippen LogP contribution in [0.5, 0.6) is 5.75 Å². The number of hydrogen-bond acceptors (Lipinski definition) is 4. The maximum Gasteiger partial charge on any atom is 0.286 e. The first-order chi connectivity index (χ1) is 11.1. The van der Waals surface area contributed by atoms with Crippen molar-refractivity contribution in [1.29, 1.82) is 0 Å². The molecule has 0 bridgehead atoms. The normalized spacial score (nSPS) is 15.8. The highest BCUT2D eigenvalue weighted by atomic mass is 16.5. The first-order valence-electron chi connectivity index (χ1n) is 6.92. The molecule has 1 aliphatic heterocycles. The summed E-state index contributed by atoms with van der Waals surface area (Å²) in [5.41, 5.74) is 5.37. The van der Waals surface area contributed by atoms with Gasteiger partial charge in [-0.25, -0.2) is 0 Å². The van der Waals surface area contributed by atoms with Gasteiger partial charge in [-0.15, -0.1) is 0 Å². The molecule has 1 atom stereocenters. The number of carbonyl (C=O) groups excluding carboxylic acids is 3. The van der Waals surface area contributed by atoms with E-state index in [-0.39, 0.29) is 6.42 Å². The van der Waals surface area contributed by atoms with Crippen molar-refractivity contribution in [2.24, 2.45) is 0 Å². The molecule has 118 valence electrons. The Kier molecular flexibility index (Phi) is 3.96. The topological polar surface area (TPSA) is 112 Å². The van der Waals surface area contributed by atoms with Crippen LogP contribution in [0.25, 0.3) is 0 Å². The summed E-state index contributed by atoms with van der Waals surface area (Å²) in [7, 11) is 0. The average Bonchev–Trinajstić information content (AvgIpc) is 3.08. The molecule has 2 aromatic rings. The van der Waals surface area contributed by atoms with Gasteiger partial charge in [0.2, 0.25) is 5.91 Å². The third-order valence-corrected chi connectivity index (χ3v) is 3.24. The molecule has 23 heavy (non-hydrogen) atoms. The summed E-state index contributed by atoms with van der Waals surface area (Å²) in [6.45, 7) is 0. The van der Waals surface area contributed by atoms with Gasteiger partial charge >= 0.3 is 0 Å². The quantitative estimate of drug-likeness (QED) is 0.620. The summed E-state index contributed by atoms with van der Waals surface area (Å²) in [5.74, 6) is -0.929. The zero-order valence-electron chi connectivity index (χ0n) is 12.0. The second-order valence-corrected chi connectivity index (χ2v) is 4.88. The van der Waals surface area contributed by atoms with E-state index in [4.69, 9.17) is 4.74 Å². The SMILES string of the molecule is O=C(C[C@H]1Oc2ccccc2NC1=O)NNC(=O)c1ccc[nH]1. The van der Waals surface area contributed by atoms with Crippen molar-refractivity contribution >= 4 is 23.4 Å². The molecule has 8 heteroatoms. The fraction of sp³-hybridized carbons (Fsp3) is 0.133. The summed E-state index contributed by atoms with van der Waals surface area (Å²) in [5, 5.41) is 2.67. The highest BCUT2D eigenvalue weighted by Crippen LogP contribution is 2.29. The molecule has 0 unspecified atom stereocenters. The number of aromatic amines is 1. The number of aromatic nitrogens is 1. The van der Waals surface area contributed by atoms with Crippen LogP contribution < -0.4 is 20.9 Å². The van der Waals surface area contributed by atoms with Gasteiger partial charge in [0.1, 0.15) is 11.4 Å². The summed E-state index contributed by atoms with van der Waals surface area (Å²) in [6.07, 6.45) is 0.423. The molecule has 1 aromatic carbocycles. The number of hydrogen-bond donors (Lipinski definition) is 4. The third kappa shape index (κ3) is 3.31. The summed E-state index contributed by atoms with van der Waals surface area (Å²) >= 11 is 0. The maximum absolute atomic E-state index is 11.9. The predicted molar refractivity (Wildman–Crippen MR) is 80.5 cm³/mol. The number of nitrogens with one attached hydrogen (secondary N) is 4. The number of carbonyl (C=O) groups is 3. The smallest absolute Gasteiger partial charge is 0.286 e. The molecule has 0 aliphatic carbocycles. The van der Waals surface area contributed by atoms with E-state index in [1.54, 1.807) is 42.6 Å². The van der Waals surface area contributed by atoms with Crippen LogP contribution in [0.3, 0.4) is 0 Å². The lowest BCUT2D eigenvalue weighted by Gasteiger charge is -2.25. The highest BCUT2D eigenvalue weighted by Gasteiger charge is 2.29. The Labute approximate surface area is 131 Å². The Morgan fingerprint density at radius 1 is 1.13 bits per heavy atom. The number of H-pyrrole nitrogens is 1. The lowest BCUT2D eigenvalue weighted by molar-refractivity contribution is -0.130. The van der Waals surface area contributed by atoms with Gasteiger partial charge in [-0.1, -0.05) is 12.1 Å². The molecule has 0 saturated heterocycles. The summed E-state index contributed by atoms with van der Waals surface area (Å²) in [6, 6.07) is 10.2. The molecule has 1 aromatic heterocycles. The average molecular weight is 314 g/mol. The van der Waals surface area contributed by atoms with Gasteiger partial charge in [0.15, 0.2) is 6.10 Å². The largest absolute Gasteiger partial charge is 0.478 e. The molecule has 4 N–H and O–H groups in total. The van der Waals surface area contributed by atoms with E-state index >= 15 is 0 Å². The van der Waals surface area contributed by atoms with Crippen molar-refractivity contribution in [2.45, 2.75) is 12.5 Å². The van der Waals surface area contributed by atoms with Crippen molar-refractivity contribution in [1.82, 2.24) is 15.8 Å². The van der Waals surface area contributed by atoms with Crippen LogP contribution in [-0.2, 0) is 9.59 Å². The Bertz CT molecular complexity index is 742. The number of amides is 3. The van der Waals surface area contributed by atoms with E-state index in [2.05, 4.69) is 21.2 Å². The molecular formula is C15H14N4O4. The second kappa shape index (κ2) is 6.22.